The van der Waals surface area contributed by atoms with Gasteiger partial charge in [-0.2, -0.15) is 0 Å². The summed E-state index contributed by atoms with van der Waals surface area (Å²) in [6.07, 6.45) is 0. The fraction of sp³-hybridized carbons (Fsp3) is 0. The van der Waals surface area contributed by atoms with Crippen molar-refractivity contribution in [1.29, 1.82) is 0 Å². The maximum absolute atomic E-state index is 10.9. The van der Waals surface area contributed by atoms with Crippen molar-refractivity contribution >= 4 is 33.3 Å². The molecule has 8 heteroatoms. The molecule has 78 valence electrons. The van der Waals surface area contributed by atoms with Crippen LogP contribution < -0.4 is 3.51 Å². The summed E-state index contributed by atoms with van der Waals surface area (Å²) in [7, 11) is -4.59. The van der Waals surface area contributed by atoms with Crippen molar-refractivity contribution in [2.24, 2.45) is 0 Å². The van der Waals surface area contributed by atoms with Crippen LogP contribution in [0.2, 0.25) is 0 Å². The van der Waals surface area contributed by atoms with Crippen molar-refractivity contribution in [2.45, 2.75) is 4.90 Å². The molecule has 0 saturated heterocycles. The monoisotopic (exact) mass is 328 g/mol. The molecule has 0 aliphatic carbocycles. The fourth-order valence-corrected chi connectivity index (χ4v) is 5.12. The Morgan fingerprint density at radius 1 is 1.14 bits per heavy atom. The first-order valence-electron chi connectivity index (χ1n) is 3.35. The zero-order valence-electron chi connectivity index (χ0n) is 6.73. The van der Waals surface area contributed by atoms with Crippen LogP contribution >= 0.6 is 0 Å². The van der Waals surface area contributed by atoms with Gasteiger partial charge in [0, 0.05) is 0 Å². The fourth-order valence-electron chi connectivity index (χ4n) is 0.916. The van der Waals surface area contributed by atoms with Gasteiger partial charge < -0.3 is 0 Å². The molecule has 14 heavy (non-hydrogen) atoms. The Balaban J connectivity index is 3.55. The van der Waals surface area contributed by atoms with Crippen molar-refractivity contribution in [3.05, 3.63) is 24.3 Å². The van der Waals surface area contributed by atoms with Crippen LogP contribution in [0.15, 0.2) is 29.2 Å². The van der Waals surface area contributed by atoms with Gasteiger partial charge in [-0.05, 0) is 0 Å². The van der Waals surface area contributed by atoms with Crippen molar-refractivity contribution in [3.63, 3.8) is 0 Å². The molecular weight excluding hydrogens is 322 g/mol. The Morgan fingerprint density at radius 3 is 2.00 bits per heavy atom. The van der Waals surface area contributed by atoms with E-state index in [0.717, 1.165) is 12.1 Å². The summed E-state index contributed by atoms with van der Waals surface area (Å²) < 4.78 is 58.1. The molecule has 0 saturated carbocycles. The third kappa shape index (κ3) is 2.58. The number of benzene rings is 1. The van der Waals surface area contributed by atoms with Crippen LogP contribution in [0.25, 0.3) is 0 Å². The van der Waals surface area contributed by atoms with Gasteiger partial charge in [0.05, 0.1) is 0 Å². The molecule has 0 aliphatic rings. The minimum absolute atomic E-state index is 0.617. The summed E-state index contributed by atoms with van der Waals surface area (Å²) >= 11 is -5.60. The van der Waals surface area contributed by atoms with Gasteiger partial charge in [0.1, 0.15) is 0 Å². The number of rotatable bonds is 2. The topological polar surface area (TPSA) is 112 Å². The van der Waals surface area contributed by atoms with E-state index in [9.17, 15) is 11.4 Å². The summed E-state index contributed by atoms with van der Waals surface area (Å²) in [5.41, 5.74) is 0. The minimum atomic E-state index is -5.60. The molecule has 3 N–H and O–H groups in total. The first-order valence-corrected chi connectivity index (χ1v) is 9.40. The van der Waals surface area contributed by atoms with E-state index in [2.05, 4.69) is 0 Å². The van der Waals surface area contributed by atoms with Crippen molar-refractivity contribution < 1.29 is 22.8 Å². The molecule has 1 aromatic rings. The van der Waals surface area contributed by atoms with Crippen LogP contribution in [-0.4, -0.2) is 39.4 Å². The van der Waals surface area contributed by atoms with Gasteiger partial charge in [-0.25, -0.2) is 0 Å². The maximum atomic E-state index is 10.9. The zero-order chi connectivity index (χ0) is 11.0. The molecule has 0 spiro atoms. The van der Waals surface area contributed by atoms with E-state index in [4.69, 9.17) is 11.3 Å². The Kier molecular flexibility index (Phi) is 3.08. The van der Waals surface area contributed by atoms with Crippen LogP contribution in [0.5, 0.6) is 0 Å². The van der Waals surface area contributed by atoms with Crippen LogP contribution in [0.3, 0.4) is 0 Å². The number of hydrogen-bond acceptors (Lipinski definition) is 3. The summed E-state index contributed by atoms with van der Waals surface area (Å²) in [4.78, 5) is -0.731. The standard InChI is InChI=1S/C6H5O3S.2H2O.O.Sb/c7-10(8,9)6-4-2-1-3-5-6;;;;/h1-4H,(H,7,8,9);2*1H2;;/q;;;;+2/p-2. The SMILES string of the molecule is O=S(=O)(O)c1cccc[c]1[Sb](=[O])([OH])[OH]. The Morgan fingerprint density at radius 2 is 1.64 bits per heavy atom. The van der Waals surface area contributed by atoms with Gasteiger partial charge in [-0.3, -0.25) is 0 Å². The van der Waals surface area contributed by atoms with E-state index in [1.54, 1.807) is 0 Å². The molecule has 0 amide bonds. The molecule has 0 aliphatic heterocycles. The summed E-state index contributed by atoms with van der Waals surface area (Å²) in [5, 5.41) is 0. The normalized spacial score (nSPS) is 12.8. The van der Waals surface area contributed by atoms with Crippen molar-refractivity contribution in [3.8, 4) is 0 Å². The van der Waals surface area contributed by atoms with Crippen molar-refractivity contribution in [1.82, 2.24) is 0 Å². The second kappa shape index (κ2) is 3.67. The van der Waals surface area contributed by atoms with Crippen LogP contribution in [0, 0.1) is 0 Å². The zero-order valence-corrected chi connectivity index (χ0v) is 10.1. The Bertz CT molecular complexity index is 487. The van der Waals surface area contributed by atoms with Gasteiger partial charge in [0.25, 0.3) is 0 Å². The van der Waals surface area contributed by atoms with Gasteiger partial charge in [0.2, 0.25) is 0 Å². The second-order valence-electron chi connectivity index (χ2n) is 2.49. The molecule has 0 heterocycles. The average Bonchev–Trinajstić information content (AvgIpc) is 2.01. The Labute approximate surface area is 85.1 Å². The van der Waals surface area contributed by atoms with Crippen LogP contribution in [-0.2, 0) is 13.1 Å². The summed E-state index contributed by atoms with van der Waals surface area (Å²) in [5.74, 6) is 0. The third-order valence-corrected chi connectivity index (χ3v) is 5.72. The summed E-state index contributed by atoms with van der Waals surface area (Å²) in [6, 6.07) is 4.49. The quantitative estimate of drug-likeness (QED) is 0.450. The van der Waals surface area contributed by atoms with Crippen LogP contribution in [0.1, 0.15) is 0 Å². The number of hydrogen-bond donors (Lipinski definition) is 3. The van der Waals surface area contributed by atoms with E-state index in [0.29, 0.717) is 0 Å². The van der Waals surface area contributed by atoms with E-state index in [1.165, 1.54) is 12.1 Å². The molecule has 0 unspecified atom stereocenters. The predicted molar refractivity (Wildman–Crippen MR) is 46.8 cm³/mol. The molecular formula is C6H7O6SSb. The first kappa shape index (κ1) is 11.7. The molecule has 0 bridgehead atoms. The second-order valence-corrected chi connectivity index (χ2v) is 8.36. The predicted octanol–water partition coefficient (Wildman–Crippen LogP) is -1.51. The first-order chi connectivity index (χ1) is 6.23. The van der Waals surface area contributed by atoms with Crippen molar-refractivity contribution in [2.75, 3.05) is 0 Å². The molecule has 0 atom stereocenters. The van der Waals surface area contributed by atoms with Gasteiger partial charge in [-0.15, -0.1) is 0 Å². The molecule has 0 fully saturated rings. The van der Waals surface area contributed by atoms with E-state index in [-0.39, 0.29) is 0 Å². The van der Waals surface area contributed by atoms with Gasteiger partial charge in [0.15, 0.2) is 0 Å². The van der Waals surface area contributed by atoms with E-state index in [1.807, 2.05) is 0 Å². The van der Waals surface area contributed by atoms with Gasteiger partial charge >= 0.3 is 85.2 Å². The average molecular weight is 329 g/mol. The third-order valence-electron chi connectivity index (χ3n) is 1.46. The summed E-state index contributed by atoms with van der Waals surface area (Å²) in [6.45, 7) is 0. The Hall–Kier alpha value is -0.332. The van der Waals surface area contributed by atoms with E-state index < -0.39 is 38.2 Å². The molecule has 1 aromatic carbocycles. The molecule has 0 aromatic heterocycles. The molecule has 0 radical (unpaired) electrons. The van der Waals surface area contributed by atoms with E-state index >= 15 is 0 Å². The van der Waals surface area contributed by atoms with Crippen LogP contribution in [0.4, 0.5) is 0 Å². The molecule has 1 rings (SSSR count). The van der Waals surface area contributed by atoms with Gasteiger partial charge in [-0.1, -0.05) is 0 Å². The molecule has 6 nitrogen and oxygen atoms in total.